The van der Waals surface area contributed by atoms with E-state index in [9.17, 15) is 0 Å². The summed E-state index contributed by atoms with van der Waals surface area (Å²) in [4.78, 5) is 14.0. The Hall–Kier alpha value is -1.20. The lowest BCUT2D eigenvalue weighted by Crippen LogP contribution is -2.52. The summed E-state index contributed by atoms with van der Waals surface area (Å²) in [5.41, 5.74) is 7.05. The van der Waals surface area contributed by atoms with Crippen molar-refractivity contribution in [3.63, 3.8) is 0 Å². The van der Waals surface area contributed by atoms with Gasteiger partial charge < -0.3 is 10.6 Å². The van der Waals surface area contributed by atoms with Crippen molar-refractivity contribution in [2.75, 3.05) is 37.6 Å². The van der Waals surface area contributed by atoms with Gasteiger partial charge in [0.05, 0.1) is 0 Å². The Balaban J connectivity index is 1.99. The van der Waals surface area contributed by atoms with E-state index >= 15 is 0 Å². The first-order valence-electron chi connectivity index (χ1n) is 8.21. The largest absolute Gasteiger partial charge is 0.354 e. The van der Waals surface area contributed by atoms with Crippen molar-refractivity contribution in [3.8, 4) is 0 Å². The van der Waals surface area contributed by atoms with Crippen LogP contribution in [-0.4, -0.2) is 53.6 Å². The summed E-state index contributed by atoms with van der Waals surface area (Å²) in [6.45, 7) is 11.3. The van der Waals surface area contributed by atoms with Gasteiger partial charge in [-0.2, -0.15) is 0 Å². The van der Waals surface area contributed by atoms with Crippen molar-refractivity contribution in [1.29, 1.82) is 0 Å². The quantitative estimate of drug-likeness (QED) is 0.862. The first-order chi connectivity index (χ1) is 10.2. The summed E-state index contributed by atoms with van der Waals surface area (Å²) >= 11 is 0. The first kappa shape index (κ1) is 16.2. The van der Waals surface area contributed by atoms with Gasteiger partial charge in [-0.25, -0.2) is 9.97 Å². The van der Waals surface area contributed by atoms with Crippen molar-refractivity contribution >= 4 is 5.82 Å². The van der Waals surface area contributed by atoms with Gasteiger partial charge in [-0.05, 0) is 19.8 Å². The van der Waals surface area contributed by atoms with Gasteiger partial charge in [0.1, 0.15) is 11.6 Å². The lowest BCUT2D eigenvalue weighted by atomic mass is 10.1. The minimum atomic E-state index is 0.537. The molecule has 0 bridgehead atoms. The molecule has 1 aliphatic rings. The fourth-order valence-corrected chi connectivity index (χ4v) is 3.05. The molecular weight excluding hydrogens is 262 g/mol. The van der Waals surface area contributed by atoms with E-state index in [1.54, 1.807) is 0 Å². The Morgan fingerprint density at radius 2 is 1.90 bits per heavy atom. The highest BCUT2D eigenvalue weighted by Gasteiger charge is 2.23. The summed E-state index contributed by atoms with van der Waals surface area (Å²) in [7, 11) is 0. The minimum Gasteiger partial charge on any atom is -0.354 e. The minimum absolute atomic E-state index is 0.537. The maximum absolute atomic E-state index is 5.92. The number of nitrogens with two attached hydrogens (primary N) is 1. The molecule has 0 spiro atoms. The maximum atomic E-state index is 5.92. The molecule has 118 valence electrons. The number of hydrogen-bond acceptors (Lipinski definition) is 5. The van der Waals surface area contributed by atoms with Crippen LogP contribution in [0.15, 0.2) is 6.07 Å². The van der Waals surface area contributed by atoms with Gasteiger partial charge in [-0.3, -0.25) is 4.90 Å². The Morgan fingerprint density at radius 3 is 2.48 bits per heavy atom. The molecule has 1 unspecified atom stereocenters. The predicted molar refractivity (Wildman–Crippen MR) is 87.7 cm³/mol. The number of hydrogen-bond donors (Lipinski definition) is 1. The highest BCUT2D eigenvalue weighted by Crippen LogP contribution is 2.17. The van der Waals surface area contributed by atoms with E-state index in [-0.39, 0.29) is 0 Å². The zero-order valence-electron chi connectivity index (χ0n) is 13.7. The summed E-state index contributed by atoms with van der Waals surface area (Å²) in [5.74, 6) is 1.95. The van der Waals surface area contributed by atoms with E-state index in [0.717, 1.165) is 56.5 Å². The summed E-state index contributed by atoms with van der Waals surface area (Å²) < 4.78 is 0. The average Bonchev–Trinajstić information content (AvgIpc) is 2.52. The van der Waals surface area contributed by atoms with Crippen LogP contribution in [0.3, 0.4) is 0 Å². The normalized spacial score (nSPS) is 18.0. The second-order valence-corrected chi connectivity index (χ2v) is 5.82. The molecule has 0 aromatic carbocycles. The Labute approximate surface area is 128 Å². The number of anilines is 1. The molecule has 5 heteroatoms. The van der Waals surface area contributed by atoms with Crippen LogP contribution in [0.4, 0.5) is 5.82 Å². The van der Waals surface area contributed by atoms with Crippen molar-refractivity contribution in [1.82, 2.24) is 14.9 Å². The molecule has 1 aliphatic heterocycles. The third-order valence-electron chi connectivity index (χ3n) is 4.29. The lowest BCUT2D eigenvalue weighted by Gasteiger charge is -2.39. The lowest BCUT2D eigenvalue weighted by molar-refractivity contribution is 0.179. The second kappa shape index (κ2) is 7.71. The van der Waals surface area contributed by atoms with Gasteiger partial charge in [0.15, 0.2) is 0 Å². The van der Waals surface area contributed by atoms with Gasteiger partial charge in [-0.1, -0.05) is 20.3 Å². The van der Waals surface area contributed by atoms with Gasteiger partial charge in [0.25, 0.3) is 0 Å². The Kier molecular flexibility index (Phi) is 5.94. The van der Waals surface area contributed by atoms with E-state index in [4.69, 9.17) is 5.73 Å². The van der Waals surface area contributed by atoms with E-state index in [1.165, 1.54) is 12.8 Å². The van der Waals surface area contributed by atoms with Crippen LogP contribution in [0.5, 0.6) is 0 Å². The molecule has 0 amide bonds. The molecule has 0 saturated carbocycles. The number of nitrogens with zero attached hydrogens (tertiary/aromatic N) is 4. The van der Waals surface area contributed by atoms with E-state index in [2.05, 4.69) is 39.7 Å². The molecule has 5 nitrogen and oxygen atoms in total. The van der Waals surface area contributed by atoms with Crippen molar-refractivity contribution in [2.24, 2.45) is 5.73 Å². The van der Waals surface area contributed by atoms with Crippen molar-refractivity contribution in [2.45, 2.75) is 46.1 Å². The average molecular weight is 291 g/mol. The fourth-order valence-electron chi connectivity index (χ4n) is 3.05. The highest BCUT2D eigenvalue weighted by atomic mass is 15.3. The standard InChI is InChI=1S/C16H29N5/c1-4-6-15(12-17)20-7-9-21(10-8-20)16-11-14(5-2)18-13(3)19-16/h11,15H,4-10,12,17H2,1-3H3. The van der Waals surface area contributed by atoms with Crippen LogP contribution in [0.25, 0.3) is 0 Å². The monoisotopic (exact) mass is 291 g/mol. The molecule has 21 heavy (non-hydrogen) atoms. The molecule has 1 saturated heterocycles. The first-order valence-corrected chi connectivity index (χ1v) is 8.21. The number of aromatic nitrogens is 2. The van der Waals surface area contributed by atoms with Gasteiger partial charge in [0, 0.05) is 50.5 Å². The third-order valence-corrected chi connectivity index (χ3v) is 4.29. The summed E-state index contributed by atoms with van der Waals surface area (Å²) in [6.07, 6.45) is 3.36. The molecule has 1 aromatic heterocycles. The zero-order valence-corrected chi connectivity index (χ0v) is 13.7. The Morgan fingerprint density at radius 1 is 1.19 bits per heavy atom. The van der Waals surface area contributed by atoms with Gasteiger partial charge in [-0.15, -0.1) is 0 Å². The van der Waals surface area contributed by atoms with E-state index < -0.39 is 0 Å². The van der Waals surface area contributed by atoms with Gasteiger partial charge >= 0.3 is 0 Å². The summed E-state index contributed by atoms with van der Waals surface area (Å²) in [5, 5.41) is 0. The summed E-state index contributed by atoms with van der Waals surface area (Å²) in [6, 6.07) is 2.67. The third kappa shape index (κ3) is 4.14. The topological polar surface area (TPSA) is 58.3 Å². The fraction of sp³-hybridized carbons (Fsp3) is 0.750. The molecule has 1 atom stereocenters. The molecule has 0 aliphatic carbocycles. The van der Waals surface area contributed by atoms with Crippen molar-refractivity contribution < 1.29 is 0 Å². The molecule has 1 aromatic rings. The molecule has 2 heterocycles. The highest BCUT2D eigenvalue weighted by molar-refractivity contribution is 5.40. The number of piperazine rings is 1. The second-order valence-electron chi connectivity index (χ2n) is 5.82. The number of rotatable bonds is 6. The molecular formula is C16H29N5. The molecule has 2 N–H and O–H groups in total. The van der Waals surface area contributed by atoms with Crippen LogP contribution >= 0.6 is 0 Å². The van der Waals surface area contributed by atoms with E-state index in [0.29, 0.717) is 6.04 Å². The van der Waals surface area contributed by atoms with E-state index in [1.807, 2.05) is 6.92 Å². The number of aryl methyl sites for hydroxylation is 2. The molecule has 1 fully saturated rings. The molecule has 2 rings (SSSR count). The SMILES string of the molecule is CCCC(CN)N1CCN(c2cc(CC)nc(C)n2)CC1. The predicted octanol–water partition coefficient (Wildman–Crippen LogP) is 1.60. The van der Waals surface area contributed by atoms with Crippen LogP contribution < -0.4 is 10.6 Å². The zero-order chi connectivity index (χ0) is 15.2. The maximum Gasteiger partial charge on any atom is 0.132 e. The smallest absolute Gasteiger partial charge is 0.132 e. The molecule has 0 radical (unpaired) electrons. The Bertz CT molecular complexity index is 440. The van der Waals surface area contributed by atoms with Gasteiger partial charge in [0.2, 0.25) is 0 Å². The van der Waals surface area contributed by atoms with Crippen molar-refractivity contribution in [3.05, 3.63) is 17.6 Å². The van der Waals surface area contributed by atoms with Crippen LogP contribution in [-0.2, 0) is 6.42 Å². The van der Waals surface area contributed by atoms with Crippen LogP contribution in [0.2, 0.25) is 0 Å². The van der Waals surface area contributed by atoms with Crippen LogP contribution in [0.1, 0.15) is 38.2 Å². The van der Waals surface area contributed by atoms with Crippen LogP contribution in [0, 0.1) is 6.92 Å².